The molecule has 1 saturated heterocycles. The third kappa shape index (κ3) is 4.44. The van der Waals surface area contributed by atoms with E-state index in [2.05, 4.69) is 56.4 Å². The van der Waals surface area contributed by atoms with E-state index in [0.717, 1.165) is 45.4 Å². The molecule has 0 saturated carbocycles. The Morgan fingerprint density at radius 3 is 2.70 bits per heavy atom. The van der Waals surface area contributed by atoms with Crippen molar-refractivity contribution in [3.05, 3.63) is 53.5 Å². The summed E-state index contributed by atoms with van der Waals surface area (Å²) in [6.45, 7) is 5.95. The van der Waals surface area contributed by atoms with Crippen molar-refractivity contribution >= 4 is 22.8 Å². The number of carbonyl (C=O) groups is 1. The van der Waals surface area contributed by atoms with E-state index < -0.39 is 5.91 Å². The molecule has 3 heterocycles. The number of amides is 1. The molecule has 3 aromatic rings. The van der Waals surface area contributed by atoms with E-state index >= 15 is 0 Å². The first-order valence-electron chi connectivity index (χ1n) is 10.4. The van der Waals surface area contributed by atoms with Gasteiger partial charge in [-0.05, 0) is 56.8 Å². The fourth-order valence-corrected chi connectivity index (χ4v) is 4.18. The summed E-state index contributed by atoms with van der Waals surface area (Å²) in [6, 6.07) is 8.48. The molecule has 4 N–H and O–H groups in total. The second-order valence-corrected chi connectivity index (χ2v) is 7.87. The highest BCUT2D eigenvalue weighted by Gasteiger charge is 2.21. The van der Waals surface area contributed by atoms with Crippen molar-refractivity contribution in [1.29, 1.82) is 0 Å². The van der Waals surface area contributed by atoms with E-state index in [4.69, 9.17) is 5.21 Å². The zero-order chi connectivity index (χ0) is 20.9. The molecule has 1 aliphatic heterocycles. The molecule has 0 aliphatic carbocycles. The third-order valence-electron chi connectivity index (χ3n) is 5.91. The summed E-state index contributed by atoms with van der Waals surface area (Å²) in [4.78, 5) is 25.5. The van der Waals surface area contributed by atoms with E-state index in [1.165, 1.54) is 34.6 Å². The molecule has 2 aromatic heterocycles. The number of H-pyrrole nitrogens is 1. The van der Waals surface area contributed by atoms with Crippen LogP contribution in [0.15, 0.2) is 36.7 Å². The van der Waals surface area contributed by atoms with Crippen LogP contribution in [0.1, 0.15) is 34.5 Å². The van der Waals surface area contributed by atoms with Crippen LogP contribution in [-0.4, -0.2) is 52.2 Å². The lowest BCUT2D eigenvalue weighted by atomic mass is 9.97. The number of nitrogens with zero attached hydrogens (tertiary/aromatic N) is 3. The fraction of sp³-hybridized carbons (Fsp3) is 0.409. The average molecular weight is 409 g/mol. The minimum Gasteiger partial charge on any atom is -0.358 e. The minimum absolute atomic E-state index is 0.241. The largest absolute Gasteiger partial charge is 0.358 e. The lowest BCUT2D eigenvalue weighted by Gasteiger charge is -2.32. The summed E-state index contributed by atoms with van der Waals surface area (Å²) in [6.07, 6.45) is 6.07. The molecule has 1 aliphatic rings. The summed E-state index contributed by atoms with van der Waals surface area (Å²) in [5, 5.41) is 13.6. The van der Waals surface area contributed by atoms with Gasteiger partial charge in [-0.2, -0.15) is 0 Å². The fourth-order valence-electron chi connectivity index (χ4n) is 4.18. The number of aryl methyl sites for hydroxylation is 1. The Kier molecular flexibility index (Phi) is 6.25. The van der Waals surface area contributed by atoms with Crippen molar-refractivity contribution in [3.8, 4) is 0 Å². The Labute approximate surface area is 175 Å². The van der Waals surface area contributed by atoms with Crippen LogP contribution in [0.25, 0.3) is 10.9 Å². The monoisotopic (exact) mass is 408 g/mol. The molecule has 1 amide bonds. The van der Waals surface area contributed by atoms with Crippen LogP contribution in [0.4, 0.5) is 5.95 Å². The van der Waals surface area contributed by atoms with Gasteiger partial charge in [-0.1, -0.05) is 18.2 Å². The van der Waals surface area contributed by atoms with Crippen LogP contribution >= 0.6 is 0 Å². The second kappa shape index (κ2) is 9.23. The molecule has 0 atom stereocenters. The zero-order valence-electron chi connectivity index (χ0n) is 17.2. The van der Waals surface area contributed by atoms with Gasteiger partial charge in [0.2, 0.25) is 5.95 Å². The number of aromatic nitrogens is 3. The second-order valence-electron chi connectivity index (χ2n) is 7.87. The van der Waals surface area contributed by atoms with Crippen LogP contribution in [0.3, 0.4) is 0 Å². The summed E-state index contributed by atoms with van der Waals surface area (Å²) in [7, 11) is 0. The van der Waals surface area contributed by atoms with Gasteiger partial charge >= 0.3 is 0 Å². The maximum absolute atomic E-state index is 11.4. The molecule has 30 heavy (non-hydrogen) atoms. The highest BCUT2D eigenvalue weighted by Crippen LogP contribution is 2.22. The Hall–Kier alpha value is -2.97. The number of fused-ring (bicyclic) bond motifs is 1. The zero-order valence-corrected chi connectivity index (χ0v) is 17.2. The maximum Gasteiger partial charge on any atom is 0.277 e. The molecule has 0 radical (unpaired) electrons. The molecule has 1 aromatic carbocycles. The lowest BCUT2D eigenvalue weighted by molar-refractivity contribution is 0.0705. The summed E-state index contributed by atoms with van der Waals surface area (Å²) in [5.74, 6) is 0.671. The van der Waals surface area contributed by atoms with E-state index in [-0.39, 0.29) is 5.56 Å². The van der Waals surface area contributed by atoms with Crippen molar-refractivity contribution in [3.63, 3.8) is 0 Å². The van der Waals surface area contributed by atoms with Crippen LogP contribution < -0.4 is 15.7 Å². The van der Waals surface area contributed by atoms with Crippen LogP contribution in [0.5, 0.6) is 0 Å². The summed E-state index contributed by atoms with van der Waals surface area (Å²) < 4.78 is 0. The van der Waals surface area contributed by atoms with Crippen LogP contribution in [-0.2, 0) is 6.42 Å². The van der Waals surface area contributed by atoms with Gasteiger partial charge in [0.25, 0.3) is 5.91 Å². The Balaban J connectivity index is 1.21. The maximum atomic E-state index is 11.4. The van der Waals surface area contributed by atoms with Crippen LogP contribution in [0.2, 0.25) is 0 Å². The van der Waals surface area contributed by atoms with Crippen molar-refractivity contribution in [2.75, 3.05) is 31.1 Å². The quantitative estimate of drug-likeness (QED) is 0.272. The molecule has 8 heteroatoms. The topological polar surface area (TPSA) is 106 Å². The SMILES string of the molecule is Cc1[nH]c2ccccc2c1CCNCC1CCN(c2ncc(C(=O)NO)cn2)CC1. The Bertz CT molecular complexity index is 993. The van der Waals surface area contributed by atoms with Crippen LogP contribution in [0, 0.1) is 12.8 Å². The number of para-hydroxylation sites is 1. The smallest absolute Gasteiger partial charge is 0.277 e. The number of piperidine rings is 1. The predicted octanol–water partition coefficient (Wildman–Crippen LogP) is 2.43. The van der Waals surface area contributed by atoms with Gasteiger partial charge in [0.05, 0.1) is 5.56 Å². The predicted molar refractivity (Wildman–Crippen MR) is 116 cm³/mol. The van der Waals surface area contributed by atoms with Gasteiger partial charge in [0.15, 0.2) is 0 Å². The summed E-state index contributed by atoms with van der Waals surface area (Å²) >= 11 is 0. The van der Waals surface area contributed by atoms with E-state index in [1.54, 1.807) is 5.48 Å². The van der Waals surface area contributed by atoms with E-state index in [0.29, 0.717) is 11.9 Å². The van der Waals surface area contributed by atoms with Crippen molar-refractivity contribution in [2.45, 2.75) is 26.2 Å². The van der Waals surface area contributed by atoms with Gasteiger partial charge < -0.3 is 15.2 Å². The standard InChI is InChI=1S/C22H28N6O2/c1-15-18(19-4-2-3-5-20(19)26-15)6-9-23-12-16-7-10-28(11-8-16)22-24-13-17(14-25-22)21(29)27-30/h2-5,13-14,16,23,26,30H,6-12H2,1H3,(H,27,29). The molecule has 8 nitrogen and oxygen atoms in total. The molecular formula is C22H28N6O2. The first-order chi connectivity index (χ1) is 14.7. The van der Waals surface area contributed by atoms with Crippen molar-refractivity contribution in [1.82, 2.24) is 25.7 Å². The molecule has 158 valence electrons. The van der Waals surface area contributed by atoms with Gasteiger partial charge in [-0.3, -0.25) is 10.0 Å². The third-order valence-corrected chi connectivity index (χ3v) is 5.91. The van der Waals surface area contributed by atoms with E-state index in [1.807, 2.05) is 0 Å². The molecule has 0 unspecified atom stereocenters. The van der Waals surface area contributed by atoms with Gasteiger partial charge in [0, 0.05) is 42.1 Å². The molecular weight excluding hydrogens is 380 g/mol. The summed E-state index contributed by atoms with van der Waals surface area (Å²) in [5.41, 5.74) is 5.71. The number of hydroxylamine groups is 1. The number of benzene rings is 1. The first-order valence-corrected chi connectivity index (χ1v) is 10.4. The number of carbonyl (C=O) groups excluding carboxylic acids is 1. The molecule has 0 spiro atoms. The van der Waals surface area contributed by atoms with E-state index in [9.17, 15) is 4.79 Å². The normalized spacial score (nSPS) is 14.9. The number of aromatic amines is 1. The number of anilines is 1. The highest BCUT2D eigenvalue weighted by atomic mass is 16.5. The molecule has 4 rings (SSSR count). The number of rotatable bonds is 7. The minimum atomic E-state index is -0.603. The van der Waals surface area contributed by atoms with Gasteiger partial charge in [0.1, 0.15) is 0 Å². The highest BCUT2D eigenvalue weighted by molar-refractivity contribution is 5.92. The Morgan fingerprint density at radius 1 is 1.23 bits per heavy atom. The lowest BCUT2D eigenvalue weighted by Crippen LogP contribution is -2.38. The average Bonchev–Trinajstić information content (AvgIpc) is 3.11. The number of hydrogen-bond donors (Lipinski definition) is 4. The van der Waals surface area contributed by atoms with Gasteiger partial charge in [-0.25, -0.2) is 15.4 Å². The van der Waals surface area contributed by atoms with Crippen molar-refractivity contribution in [2.24, 2.45) is 5.92 Å². The number of hydrogen-bond acceptors (Lipinski definition) is 6. The van der Waals surface area contributed by atoms with Gasteiger partial charge in [-0.15, -0.1) is 0 Å². The Morgan fingerprint density at radius 2 is 1.97 bits per heavy atom. The van der Waals surface area contributed by atoms with Crippen molar-refractivity contribution < 1.29 is 10.0 Å². The number of nitrogens with one attached hydrogen (secondary N) is 3. The molecule has 0 bridgehead atoms. The first kappa shape index (κ1) is 20.3. The molecule has 1 fully saturated rings.